The highest BCUT2D eigenvalue weighted by Crippen LogP contribution is 2.27. The maximum Gasteiger partial charge on any atom is 0.255 e. The Kier molecular flexibility index (Phi) is 6.57. The maximum absolute atomic E-state index is 13.2. The van der Waals surface area contributed by atoms with E-state index in [1.165, 1.54) is 0 Å². The smallest absolute Gasteiger partial charge is 0.255 e. The molecule has 1 amide bonds. The van der Waals surface area contributed by atoms with Gasteiger partial charge in [0.2, 0.25) is 0 Å². The Labute approximate surface area is 178 Å². The van der Waals surface area contributed by atoms with E-state index in [4.69, 9.17) is 9.84 Å². The van der Waals surface area contributed by atoms with E-state index in [0.717, 1.165) is 23.5 Å². The number of methoxy groups -OCH3 is 1. The molecule has 1 N–H and O–H groups in total. The minimum Gasteiger partial charge on any atom is -0.497 e. The molecule has 0 saturated heterocycles. The van der Waals surface area contributed by atoms with E-state index in [1.807, 2.05) is 68.7 Å². The second-order valence-corrected chi connectivity index (χ2v) is 8.49. The van der Waals surface area contributed by atoms with Crippen molar-refractivity contribution in [2.75, 3.05) is 34.3 Å². The molecule has 0 aliphatic carbocycles. The first-order chi connectivity index (χ1) is 14.3. The number of aromatic nitrogens is 2. The fourth-order valence-electron chi connectivity index (χ4n) is 3.56. The lowest BCUT2D eigenvalue weighted by atomic mass is 9.93. The molecule has 0 unspecified atom stereocenters. The van der Waals surface area contributed by atoms with E-state index in [1.54, 1.807) is 18.0 Å². The number of amides is 1. The molecule has 3 aromatic rings. The van der Waals surface area contributed by atoms with Crippen LogP contribution < -0.4 is 10.1 Å². The fraction of sp³-hybridized carbons (Fsp3) is 0.333. The van der Waals surface area contributed by atoms with Crippen LogP contribution in [0.25, 0.3) is 16.9 Å². The number of carbonyl (C=O) groups is 1. The van der Waals surface area contributed by atoms with Gasteiger partial charge in [-0.3, -0.25) is 4.79 Å². The highest BCUT2D eigenvalue weighted by atomic mass is 16.5. The number of nitrogens with zero attached hydrogens (tertiary/aromatic N) is 3. The number of benzene rings is 2. The van der Waals surface area contributed by atoms with Crippen molar-refractivity contribution in [1.82, 2.24) is 20.0 Å². The zero-order valence-electron chi connectivity index (χ0n) is 18.3. The number of carbonyl (C=O) groups excluding carboxylic acids is 1. The van der Waals surface area contributed by atoms with E-state index in [2.05, 4.69) is 24.1 Å². The van der Waals surface area contributed by atoms with E-state index < -0.39 is 0 Å². The summed E-state index contributed by atoms with van der Waals surface area (Å²) in [7, 11) is 5.70. The quantitative estimate of drug-likeness (QED) is 0.617. The van der Waals surface area contributed by atoms with Crippen LogP contribution in [-0.4, -0.2) is 54.9 Å². The lowest BCUT2D eigenvalue weighted by molar-refractivity contribution is 0.0930. The third-order valence-electron chi connectivity index (χ3n) is 4.79. The van der Waals surface area contributed by atoms with Gasteiger partial charge in [0.05, 0.1) is 18.4 Å². The van der Waals surface area contributed by atoms with Gasteiger partial charge >= 0.3 is 0 Å². The highest BCUT2D eigenvalue weighted by molar-refractivity contribution is 6.00. The van der Waals surface area contributed by atoms with Crippen LogP contribution in [0, 0.1) is 5.41 Å². The second-order valence-electron chi connectivity index (χ2n) is 8.49. The average molecular weight is 407 g/mol. The Hall–Kier alpha value is -3.12. The molecular formula is C24H30N4O2. The van der Waals surface area contributed by atoms with Gasteiger partial charge in [0.1, 0.15) is 11.4 Å². The van der Waals surface area contributed by atoms with Gasteiger partial charge in [-0.1, -0.05) is 44.2 Å². The van der Waals surface area contributed by atoms with Gasteiger partial charge in [-0.15, -0.1) is 0 Å². The third-order valence-corrected chi connectivity index (χ3v) is 4.79. The molecule has 0 aliphatic rings. The summed E-state index contributed by atoms with van der Waals surface area (Å²) in [4.78, 5) is 15.3. The Balaban J connectivity index is 1.95. The fourth-order valence-corrected chi connectivity index (χ4v) is 3.56. The van der Waals surface area contributed by atoms with Crippen LogP contribution in [-0.2, 0) is 0 Å². The number of nitrogens with one attached hydrogen (secondary N) is 1. The summed E-state index contributed by atoms with van der Waals surface area (Å²) in [6.45, 7) is 5.73. The number of rotatable bonds is 8. The van der Waals surface area contributed by atoms with Gasteiger partial charge < -0.3 is 15.0 Å². The topological polar surface area (TPSA) is 59.4 Å². The first-order valence-electron chi connectivity index (χ1n) is 10.0. The summed E-state index contributed by atoms with van der Waals surface area (Å²) in [5, 5.41) is 7.83. The number of hydrogen-bond acceptors (Lipinski definition) is 4. The lowest BCUT2D eigenvalue weighted by Gasteiger charge is -2.28. The zero-order chi connectivity index (χ0) is 21.7. The van der Waals surface area contributed by atoms with Crippen LogP contribution in [0.4, 0.5) is 0 Å². The van der Waals surface area contributed by atoms with Crippen molar-refractivity contribution in [3.63, 3.8) is 0 Å². The van der Waals surface area contributed by atoms with E-state index in [-0.39, 0.29) is 11.3 Å². The molecule has 0 radical (unpaired) electrons. The predicted molar refractivity (Wildman–Crippen MR) is 120 cm³/mol. The van der Waals surface area contributed by atoms with Crippen molar-refractivity contribution >= 4 is 5.91 Å². The van der Waals surface area contributed by atoms with E-state index >= 15 is 0 Å². The molecule has 3 rings (SSSR count). The molecule has 1 aromatic heterocycles. The Morgan fingerprint density at radius 2 is 1.87 bits per heavy atom. The molecule has 30 heavy (non-hydrogen) atoms. The molecule has 0 fully saturated rings. The van der Waals surface area contributed by atoms with E-state index in [9.17, 15) is 4.79 Å². The Morgan fingerprint density at radius 1 is 1.13 bits per heavy atom. The van der Waals surface area contributed by atoms with Crippen molar-refractivity contribution in [3.8, 4) is 22.7 Å². The molecule has 6 nitrogen and oxygen atoms in total. The van der Waals surface area contributed by atoms with Crippen LogP contribution in [0.1, 0.15) is 24.2 Å². The van der Waals surface area contributed by atoms with Crippen molar-refractivity contribution < 1.29 is 9.53 Å². The summed E-state index contributed by atoms with van der Waals surface area (Å²) in [6, 6.07) is 17.4. The highest BCUT2D eigenvalue weighted by Gasteiger charge is 2.23. The maximum atomic E-state index is 13.2. The van der Waals surface area contributed by atoms with Gasteiger partial charge in [-0.05, 0) is 43.8 Å². The molecule has 0 aliphatic heterocycles. The van der Waals surface area contributed by atoms with Crippen LogP contribution in [0.3, 0.4) is 0 Å². The first-order valence-corrected chi connectivity index (χ1v) is 10.0. The van der Waals surface area contributed by atoms with Crippen molar-refractivity contribution in [2.24, 2.45) is 5.41 Å². The molecule has 158 valence electrons. The molecule has 1 heterocycles. The molecular weight excluding hydrogens is 376 g/mol. The average Bonchev–Trinajstić information content (AvgIpc) is 3.17. The van der Waals surface area contributed by atoms with Crippen LogP contribution in [0.15, 0.2) is 60.8 Å². The standard InChI is InChI=1S/C24H30N4O2/c1-24(2,17-27(3)4)16-25-23(29)21-15-28(19-11-7-6-8-12-19)26-22(21)18-10-9-13-20(14-18)30-5/h6-15H,16-17H2,1-5H3,(H,25,29). The molecule has 6 heteroatoms. The van der Waals surface area contributed by atoms with Gasteiger partial charge in [0.25, 0.3) is 5.91 Å². The predicted octanol–water partition coefficient (Wildman–Crippen LogP) is 3.87. The number of hydrogen-bond donors (Lipinski definition) is 1. The van der Waals surface area contributed by atoms with Crippen LogP contribution in [0.2, 0.25) is 0 Å². The minimum absolute atomic E-state index is 0.0509. The summed E-state index contributed by atoms with van der Waals surface area (Å²) in [6.07, 6.45) is 1.79. The lowest BCUT2D eigenvalue weighted by Crippen LogP contribution is -2.40. The van der Waals surface area contributed by atoms with Crippen molar-refractivity contribution in [2.45, 2.75) is 13.8 Å². The van der Waals surface area contributed by atoms with Crippen LogP contribution in [0.5, 0.6) is 5.75 Å². The SMILES string of the molecule is COc1cccc(-c2nn(-c3ccccc3)cc2C(=O)NCC(C)(C)CN(C)C)c1. The summed E-state index contributed by atoms with van der Waals surface area (Å²) in [5.41, 5.74) is 2.84. The third kappa shape index (κ3) is 5.27. The molecule has 0 saturated carbocycles. The Bertz CT molecular complexity index is 993. The Morgan fingerprint density at radius 3 is 2.53 bits per heavy atom. The summed E-state index contributed by atoms with van der Waals surface area (Å²) >= 11 is 0. The number of para-hydroxylation sites is 1. The normalized spacial score (nSPS) is 11.5. The molecule has 0 spiro atoms. The van der Waals surface area contributed by atoms with E-state index in [0.29, 0.717) is 17.8 Å². The van der Waals surface area contributed by atoms with Gasteiger partial charge in [-0.2, -0.15) is 5.10 Å². The molecule has 2 aromatic carbocycles. The first kappa shape index (κ1) is 21.6. The van der Waals surface area contributed by atoms with Gasteiger partial charge in [0, 0.05) is 24.8 Å². The minimum atomic E-state index is -0.137. The van der Waals surface area contributed by atoms with Gasteiger partial charge in [-0.25, -0.2) is 4.68 Å². The molecule has 0 bridgehead atoms. The summed E-state index contributed by atoms with van der Waals surface area (Å²) in [5.74, 6) is 0.585. The molecule has 0 atom stereocenters. The zero-order valence-corrected chi connectivity index (χ0v) is 18.3. The number of ether oxygens (including phenoxy) is 1. The monoisotopic (exact) mass is 406 g/mol. The van der Waals surface area contributed by atoms with Crippen LogP contribution >= 0.6 is 0 Å². The van der Waals surface area contributed by atoms with Gasteiger partial charge in [0.15, 0.2) is 0 Å². The van der Waals surface area contributed by atoms with Crippen molar-refractivity contribution in [3.05, 3.63) is 66.4 Å². The summed E-state index contributed by atoms with van der Waals surface area (Å²) < 4.78 is 7.10. The largest absolute Gasteiger partial charge is 0.497 e. The van der Waals surface area contributed by atoms with Crippen molar-refractivity contribution in [1.29, 1.82) is 0 Å². The second kappa shape index (κ2) is 9.13.